The normalized spacial score (nSPS) is 18.2. The number of likely N-dealkylation sites (tertiary alicyclic amines) is 1. The molecular formula is C16H18FN3O. The molecule has 0 radical (unpaired) electrons. The monoisotopic (exact) mass is 287 g/mol. The molecular weight excluding hydrogens is 269 g/mol. The van der Waals surface area contributed by atoms with Crippen LogP contribution in [0, 0.1) is 5.82 Å². The van der Waals surface area contributed by atoms with E-state index in [9.17, 15) is 9.18 Å². The summed E-state index contributed by atoms with van der Waals surface area (Å²) in [4.78, 5) is 14.6. The van der Waals surface area contributed by atoms with Gasteiger partial charge in [-0.2, -0.15) is 5.10 Å². The zero-order valence-corrected chi connectivity index (χ0v) is 12.0. The number of benzene rings is 1. The third kappa shape index (κ3) is 2.55. The number of aromatic nitrogens is 2. The minimum Gasteiger partial charge on any atom is -0.330 e. The lowest BCUT2D eigenvalue weighted by Crippen LogP contribution is -2.32. The summed E-state index contributed by atoms with van der Waals surface area (Å²) in [5.41, 5.74) is 1.46. The molecule has 1 unspecified atom stereocenters. The van der Waals surface area contributed by atoms with Crippen LogP contribution in [0.25, 0.3) is 0 Å². The Labute approximate surface area is 123 Å². The van der Waals surface area contributed by atoms with Crippen molar-refractivity contribution in [2.75, 3.05) is 6.54 Å². The highest BCUT2D eigenvalue weighted by Gasteiger charge is 2.32. The highest BCUT2D eigenvalue weighted by molar-refractivity contribution is 5.93. The van der Waals surface area contributed by atoms with E-state index in [1.807, 2.05) is 17.9 Å². The first kappa shape index (κ1) is 13.8. The van der Waals surface area contributed by atoms with E-state index < -0.39 is 0 Å². The zero-order chi connectivity index (χ0) is 14.8. The lowest BCUT2D eigenvalue weighted by molar-refractivity contribution is 0.0723. The van der Waals surface area contributed by atoms with Crippen LogP contribution in [0.3, 0.4) is 0 Å². The van der Waals surface area contributed by atoms with Gasteiger partial charge in [-0.05, 0) is 43.5 Å². The molecule has 0 saturated carbocycles. The first-order valence-corrected chi connectivity index (χ1v) is 7.29. The summed E-state index contributed by atoms with van der Waals surface area (Å²) >= 11 is 0. The summed E-state index contributed by atoms with van der Waals surface area (Å²) in [7, 11) is 0. The van der Waals surface area contributed by atoms with Crippen molar-refractivity contribution in [1.29, 1.82) is 0 Å². The van der Waals surface area contributed by atoms with E-state index in [1.165, 1.54) is 12.1 Å². The van der Waals surface area contributed by atoms with Crippen LogP contribution in [-0.4, -0.2) is 27.1 Å². The Bertz CT molecular complexity index is 652. The molecule has 21 heavy (non-hydrogen) atoms. The zero-order valence-electron chi connectivity index (χ0n) is 12.0. The van der Waals surface area contributed by atoms with Gasteiger partial charge >= 0.3 is 0 Å². The third-order valence-electron chi connectivity index (χ3n) is 3.98. The Balaban J connectivity index is 1.89. The third-order valence-corrected chi connectivity index (χ3v) is 3.98. The second kappa shape index (κ2) is 5.68. The van der Waals surface area contributed by atoms with Crippen LogP contribution in [0.15, 0.2) is 36.5 Å². The van der Waals surface area contributed by atoms with Crippen LogP contribution in [0.2, 0.25) is 0 Å². The van der Waals surface area contributed by atoms with Crippen molar-refractivity contribution in [3.05, 3.63) is 53.6 Å². The topological polar surface area (TPSA) is 38.1 Å². The molecule has 1 fully saturated rings. The molecule has 110 valence electrons. The maximum Gasteiger partial charge on any atom is 0.272 e. The lowest BCUT2D eigenvalue weighted by Gasteiger charge is -2.25. The maximum absolute atomic E-state index is 13.4. The number of carbonyl (C=O) groups is 1. The second-order valence-electron chi connectivity index (χ2n) is 5.24. The number of rotatable bonds is 3. The Morgan fingerprint density at radius 1 is 1.43 bits per heavy atom. The van der Waals surface area contributed by atoms with Crippen molar-refractivity contribution in [1.82, 2.24) is 14.7 Å². The number of nitrogens with zero attached hydrogens (tertiary/aromatic N) is 3. The molecule has 2 heterocycles. The fourth-order valence-corrected chi connectivity index (χ4v) is 2.98. The van der Waals surface area contributed by atoms with Gasteiger partial charge in [0, 0.05) is 19.3 Å². The molecule has 5 heteroatoms. The largest absolute Gasteiger partial charge is 0.330 e. The van der Waals surface area contributed by atoms with Gasteiger partial charge in [-0.25, -0.2) is 4.39 Å². The smallest absolute Gasteiger partial charge is 0.272 e. The van der Waals surface area contributed by atoms with Gasteiger partial charge < -0.3 is 4.90 Å². The van der Waals surface area contributed by atoms with Crippen LogP contribution in [0.1, 0.15) is 41.9 Å². The quantitative estimate of drug-likeness (QED) is 0.870. The van der Waals surface area contributed by atoms with E-state index in [2.05, 4.69) is 5.10 Å². The molecule has 0 N–H and O–H groups in total. The molecule has 1 aromatic heterocycles. The van der Waals surface area contributed by atoms with Gasteiger partial charge in [0.25, 0.3) is 5.91 Å². The van der Waals surface area contributed by atoms with E-state index in [-0.39, 0.29) is 17.8 Å². The number of hydrogen-bond donors (Lipinski definition) is 0. The lowest BCUT2D eigenvalue weighted by atomic mass is 10.0. The predicted octanol–water partition coefficient (Wildman–Crippen LogP) is 3.02. The van der Waals surface area contributed by atoms with E-state index in [0.29, 0.717) is 18.8 Å². The number of amides is 1. The molecule has 1 aliphatic heterocycles. The van der Waals surface area contributed by atoms with Crippen LogP contribution < -0.4 is 0 Å². The Hall–Kier alpha value is -2.17. The highest BCUT2D eigenvalue weighted by Crippen LogP contribution is 2.33. The minimum atomic E-state index is -0.259. The number of aryl methyl sites for hydroxylation is 1. The van der Waals surface area contributed by atoms with Crippen molar-refractivity contribution >= 4 is 5.91 Å². The fourth-order valence-electron chi connectivity index (χ4n) is 2.98. The van der Waals surface area contributed by atoms with Gasteiger partial charge in [0.2, 0.25) is 0 Å². The average Bonchev–Trinajstić information content (AvgIpc) is 3.15. The molecule has 0 bridgehead atoms. The molecule has 2 aromatic rings. The Kier molecular flexibility index (Phi) is 3.73. The molecule has 4 nitrogen and oxygen atoms in total. The average molecular weight is 287 g/mol. The predicted molar refractivity (Wildman–Crippen MR) is 77.3 cm³/mol. The molecule has 1 aromatic carbocycles. The summed E-state index contributed by atoms with van der Waals surface area (Å²) in [6.45, 7) is 3.32. The van der Waals surface area contributed by atoms with E-state index in [0.717, 1.165) is 18.4 Å². The number of hydrogen-bond acceptors (Lipinski definition) is 2. The Morgan fingerprint density at radius 3 is 3.05 bits per heavy atom. The van der Waals surface area contributed by atoms with Gasteiger partial charge in [-0.1, -0.05) is 12.1 Å². The maximum atomic E-state index is 13.4. The van der Waals surface area contributed by atoms with Gasteiger partial charge in [0.05, 0.1) is 6.04 Å². The summed E-state index contributed by atoms with van der Waals surface area (Å²) < 4.78 is 15.1. The molecule has 1 aliphatic rings. The van der Waals surface area contributed by atoms with Crippen LogP contribution in [0.5, 0.6) is 0 Å². The van der Waals surface area contributed by atoms with Crippen molar-refractivity contribution in [2.45, 2.75) is 32.4 Å². The molecule has 1 saturated heterocycles. The SMILES string of the molecule is CCn1nccc1C(=O)N1CCCC1c1cccc(F)c1. The van der Waals surface area contributed by atoms with Gasteiger partial charge in [0.15, 0.2) is 0 Å². The molecule has 1 atom stereocenters. The van der Waals surface area contributed by atoms with E-state index >= 15 is 0 Å². The van der Waals surface area contributed by atoms with Crippen molar-refractivity contribution < 1.29 is 9.18 Å². The Morgan fingerprint density at radius 2 is 2.29 bits per heavy atom. The van der Waals surface area contributed by atoms with Crippen molar-refractivity contribution in [2.24, 2.45) is 0 Å². The summed E-state index contributed by atoms with van der Waals surface area (Å²) in [5.74, 6) is -0.286. The fraction of sp³-hybridized carbons (Fsp3) is 0.375. The van der Waals surface area contributed by atoms with E-state index in [4.69, 9.17) is 0 Å². The highest BCUT2D eigenvalue weighted by atomic mass is 19.1. The minimum absolute atomic E-state index is 0.0267. The van der Waals surface area contributed by atoms with Gasteiger partial charge in [0.1, 0.15) is 11.5 Å². The van der Waals surface area contributed by atoms with Gasteiger partial charge in [-0.15, -0.1) is 0 Å². The first-order chi connectivity index (χ1) is 10.2. The molecule has 0 spiro atoms. The molecule has 0 aliphatic carbocycles. The van der Waals surface area contributed by atoms with Crippen LogP contribution in [0.4, 0.5) is 4.39 Å². The van der Waals surface area contributed by atoms with Crippen molar-refractivity contribution in [3.8, 4) is 0 Å². The van der Waals surface area contributed by atoms with Crippen LogP contribution in [-0.2, 0) is 6.54 Å². The van der Waals surface area contributed by atoms with Gasteiger partial charge in [-0.3, -0.25) is 9.48 Å². The van der Waals surface area contributed by atoms with Crippen LogP contribution >= 0.6 is 0 Å². The standard InChI is InChI=1S/C16H18FN3O/c1-2-20-15(8-9-18-20)16(21)19-10-4-7-14(19)12-5-3-6-13(17)11-12/h3,5-6,8-9,11,14H,2,4,7,10H2,1H3. The number of halogens is 1. The first-order valence-electron chi connectivity index (χ1n) is 7.29. The molecule has 3 rings (SSSR count). The van der Waals surface area contributed by atoms with E-state index in [1.54, 1.807) is 23.0 Å². The summed E-state index contributed by atoms with van der Waals surface area (Å²) in [5, 5.41) is 4.15. The number of carbonyl (C=O) groups excluding carboxylic acids is 1. The summed E-state index contributed by atoms with van der Waals surface area (Å²) in [6, 6.07) is 8.23. The second-order valence-corrected chi connectivity index (χ2v) is 5.24. The summed E-state index contributed by atoms with van der Waals surface area (Å²) in [6.07, 6.45) is 3.45. The van der Waals surface area contributed by atoms with Crippen molar-refractivity contribution in [3.63, 3.8) is 0 Å². The molecule has 1 amide bonds.